The first-order chi connectivity index (χ1) is 23.6. The summed E-state index contributed by atoms with van der Waals surface area (Å²) in [5.74, 6) is -1.12. The number of carbonyl (C=O) groups is 1. The van der Waals surface area contributed by atoms with Crippen molar-refractivity contribution in [1.29, 1.82) is 0 Å². The first kappa shape index (κ1) is 41.4. The lowest BCUT2D eigenvalue weighted by Gasteiger charge is -2.48. The van der Waals surface area contributed by atoms with Crippen molar-refractivity contribution in [2.45, 2.75) is 135 Å². The Morgan fingerprint density at radius 2 is 1.18 bits per heavy atom. The van der Waals surface area contributed by atoms with Crippen LogP contribution in [0, 0.1) is 0 Å². The molecular formula is C27H52N6O17. The minimum Gasteiger partial charge on any atom is -0.394 e. The average molecular weight is 733 g/mol. The van der Waals surface area contributed by atoms with Crippen LogP contribution < -0.4 is 34.0 Å². The second-order valence-corrected chi connectivity index (χ2v) is 12.9. The van der Waals surface area contributed by atoms with Crippen LogP contribution in [0.1, 0.15) is 6.42 Å². The van der Waals surface area contributed by atoms with Crippen molar-refractivity contribution < 1.29 is 84.3 Å². The minimum absolute atomic E-state index is 0.228. The highest BCUT2D eigenvalue weighted by Crippen LogP contribution is 2.34. The molecule has 0 aromatic carbocycles. The average Bonchev–Trinajstić information content (AvgIpc) is 3.40. The van der Waals surface area contributed by atoms with Gasteiger partial charge < -0.3 is 113 Å². The number of nitrogens with two attached hydrogens (primary N) is 5. The predicted molar refractivity (Wildman–Crippen MR) is 161 cm³/mol. The van der Waals surface area contributed by atoms with E-state index in [-0.39, 0.29) is 13.0 Å². The fourth-order valence-electron chi connectivity index (χ4n) is 6.38. The fraction of sp³-hybridized carbons (Fsp3) is 0.963. The largest absolute Gasteiger partial charge is 0.394 e. The molecule has 292 valence electrons. The Labute approximate surface area is 285 Å². The van der Waals surface area contributed by atoms with Crippen molar-refractivity contribution in [3.63, 3.8) is 0 Å². The fourth-order valence-corrected chi connectivity index (χ4v) is 6.38. The zero-order chi connectivity index (χ0) is 37.2. The van der Waals surface area contributed by atoms with Gasteiger partial charge in [-0.25, -0.2) is 0 Å². The minimum atomic E-state index is -1.98. The Morgan fingerprint density at radius 3 is 1.72 bits per heavy atom. The summed E-state index contributed by atoms with van der Waals surface area (Å²) in [4.78, 5) is 12.7. The van der Waals surface area contributed by atoms with Crippen molar-refractivity contribution >= 4 is 5.91 Å². The maximum absolute atomic E-state index is 12.7. The van der Waals surface area contributed by atoms with Crippen molar-refractivity contribution in [3.8, 4) is 0 Å². The quantitative estimate of drug-likeness (QED) is 0.0835. The molecule has 23 heteroatoms. The van der Waals surface area contributed by atoms with Gasteiger partial charge in [0.15, 0.2) is 25.0 Å². The number of hydrogen-bond donors (Lipinski definition) is 16. The SMILES string of the molecule is NC[C@@H](O)C(O)C(=O)N[C@@H]1C[C@H](N)[C@@H](O[C@H]2O[C@H](CO)[C@@H](O)[C@H](O)[C@H]2N)[C@H](O[C@@H]2O[C@H](CO)[C@@H](O[C@H]3O[C@@H](CN)[C@@H](O)[C@H](O)[C@H]3N)[C@H]2O)[C@H]1O. The molecule has 4 rings (SSSR count). The number of aliphatic hydroxyl groups excluding tert-OH is 10. The summed E-state index contributed by atoms with van der Waals surface area (Å²) in [6.07, 6.45) is -26.6. The van der Waals surface area contributed by atoms with E-state index in [4.69, 9.17) is 57.1 Å². The Bertz CT molecular complexity index is 1090. The zero-order valence-corrected chi connectivity index (χ0v) is 26.9. The molecule has 3 saturated heterocycles. The van der Waals surface area contributed by atoms with Crippen LogP contribution in [0.2, 0.25) is 0 Å². The Morgan fingerprint density at radius 1 is 0.680 bits per heavy atom. The normalized spacial score (nSPS) is 48.3. The van der Waals surface area contributed by atoms with Gasteiger partial charge in [-0.3, -0.25) is 4.79 Å². The van der Waals surface area contributed by atoms with E-state index in [1.807, 2.05) is 0 Å². The number of ether oxygens (including phenoxy) is 6. The van der Waals surface area contributed by atoms with Gasteiger partial charge in [-0.1, -0.05) is 0 Å². The van der Waals surface area contributed by atoms with Crippen molar-refractivity contribution in [3.05, 3.63) is 0 Å². The summed E-state index contributed by atoms with van der Waals surface area (Å²) in [6, 6.07) is -5.18. The third-order valence-electron chi connectivity index (χ3n) is 9.48. The molecule has 21 N–H and O–H groups in total. The number of carbonyl (C=O) groups excluding carboxylic acids is 1. The first-order valence-corrected chi connectivity index (χ1v) is 16.2. The molecule has 23 nitrogen and oxygen atoms in total. The van der Waals surface area contributed by atoms with Crippen LogP contribution in [0.3, 0.4) is 0 Å². The van der Waals surface area contributed by atoms with Gasteiger partial charge >= 0.3 is 0 Å². The Kier molecular flexibility index (Phi) is 14.6. The first-order valence-electron chi connectivity index (χ1n) is 16.2. The van der Waals surface area contributed by atoms with Crippen LogP contribution in [0.25, 0.3) is 0 Å². The van der Waals surface area contributed by atoms with Crippen molar-refractivity contribution in [2.24, 2.45) is 28.7 Å². The molecule has 4 fully saturated rings. The summed E-state index contributed by atoms with van der Waals surface area (Å²) < 4.78 is 34.6. The summed E-state index contributed by atoms with van der Waals surface area (Å²) in [5, 5.41) is 106. The van der Waals surface area contributed by atoms with Gasteiger partial charge in [-0.05, 0) is 6.42 Å². The smallest absolute Gasteiger partial charge is 0.251 e. The molecule has 1 amide bonds. The summed E-state index contributed by atoms with van der Waals surface area (Å²) in [6.45, 7) is -2.18. The van der Waals surface area contributed by atoms with E-state index in [0.717, 1.165) is 0 Å². The summed E-state index contributed by atoms with van der Waals surface area (Å²) >= 11 is 0. The van der Waals surface area contributed by atoms with Gasteiger partial charge in [0.1, 0.15) is 79.4 Å². The summed E-state index contributed by atoms with van der Waals surface area (Å²) in [7, 11) is 0. The van der Waals surface area contributed by atoms with E-state index < -0.39 is 154 Å². The molecule has 1 aliphatic carbocycles. The molecule has 0 bridgehead atoms. The van der Waals surface area contributed by atoms with Gasteiger partial charge in [0.25, 0.3) is 5.91 Å². The van der Waals surface area contributed by atoms with Crippen LogP contribution in [0.5, 0.6) is 0 Å². The summed E-state index contributed by atoms with van der Waals surface area (Å²) in [5.41, 5.74) is 29.4. The van der Waals surface area contributed by atoms with Gasteiger partial charge in [-0.15, -0.1) is 0 Å². The van der Waals surface area contributed by atoms with Gasteiger partial charge in [0, 0.05) is 19.1 Å². The molecule has 0 aromatic rings. The van der Waals surface area contributed by atoms with Gasteiger partial charge in [0.2, 0.25) is 0 Å². The van der Waals surface area contributed by atoms with E-state index in [1.54, 1.807) is 0 Å². The highest BCUT2D eigenvalue weighted by Gasteiger charge is 2.55. The number of rotatable bonds is 13. The van der Waals surface area contributed by atoms with E-state index in [2.05, 4.69) is 5.32 Å². The molecule has 1 saturated carbocycles. The molecule has 4 aliphatic rings. The highest BCUT2D eigenvalue weighted by molar-refractivity contribution is 5.81. The number of nitrogens with one attached hydrogen (secondary N) is 1. The monoisotopic (exact) mass is 732 g/mol. The lowest BCUT2D eigenvalue weighted by molar-refractivity contribution is -0.311. The van der Waals surface area contributed by atoms with Crippen molar-refractivity contribution in [1.82, 2.24) is 5.32 Å². The predicted octanol–water partition coefficient (Wildman–Crippen LogP) is -11.0. The lowest BCUT2D eigenvalue weighted by atomic mass is 9.83. The molecule has 50 heavy (non-hydrogen) atoms. The van der Waals surface area contributed by atoms with Gasteiger partial charge in [0.05, 0.1) is 31.3 Å². The lowest BCUT2D eigenvalue weighted by Crippen LogP contribution is -2.69. The maximum Gasteiger partial charge on any atom is 0.251 e. The van der Waals surface area contributed by atoms with Crippen LogP contribution >= 0.6 is 0 Å². The molecule has 0 radical (unpaired) electrons. The molecule has 3 heterocycles. The maximum atomic E-state index is 12.7. The third kappa shape index (κ3) is 8.54. The molecular weight excluding hydrogens is 680 g/mol. The van der Waals surface area contributed by atoms with Crippen LogP contribution in [0.4, 0.5) is 0 Å². The van der Waals surface area contributed by atoms with Crippen LogP contribution in [-0.2, 0) is 33.2 Å². The second-order valence-electron chi connectivity index (χ2n) is 12.9. The van der Waals surface area contributed by atoms with E-state index in [9.17, 15) is 55.9 Å². The highest BCUT2D eigenvalue weighted by atomic mass is 16.8. The van der Waals surface area contributed by atoms with E-state index in [1.165, 1.54) is 0 Å². The Hall–Kier alpha value is -1.37. The molecule has 1 unspecified atom stereocenters. The van der Waals surface area contributed by atoms with Gasteiger partial charge in [-0.2, -0.15) is 0 Å². The van der Waals surface area contributed by atoms with Crippen LogP contribution in [-0.4, -0.2) is 212 Å². The molecule has 0 aromatic heterocycles. The number of amides is 1. The Balaban J connectivity index is 1.58. The third-order valence-corrected chi connectivity index (χ3v) is 9.48. The molecule has 3 aliphatic heterocycles. The van der Waals surface area contributed by atoms with E-state index in [0.29, 0.717) is 0 Å². The standard InChI is InChI=1S/C27H52N6O17/c28-2-8(36)15(38)24(44)33-7-1-6(30)21(48-26-13(32)19(42)17(40)10(4-34)46-26)23(14(7)37)50-27-20(43)22(11(5-35)47-27)49-25-12(31)18(41)16(39)9(3-29)45-25/h6-23,25-27,34-43H,1-5,28-32H2,(H,33,44)/t6-,7+,8+,9-,10+,11+,12+,13+,14-,15?,16+,17+,18+,19+,20+,21+,22+,23+,25+,26+,27-/m0/s1. The second kappa shape index (κ2) is 17.6. The molecule has 0 spiro atoms. The van der Waals surface area contributed by atoms with Crippen LogP contribution in [0.15, 0.2) is 0 Å². The molecule has 21 atom stereocenters. The number of aliphatic hydroxyl groups is 10. The number of hydrogen-bond acceptors (Lipinski definition) is 22. The zero-order valence-electron chi connectivity index (χ0n) is 26.9. The van der Waals surface area contributed by atoms with E-state index >= 15 is 0 Å². The van der Waals surface area contributed by atoms with Crippen molar-refractivity contribution in [2.75, 3.05) is 26.3 Å². The topological polar surface area (TPSA) is 417 Å².